The maximum absolute atomic E-state index is 12.2. The number of aliphatic hydroxyl groups is 2. The first kappa shape index (κ1) is 65.2. The van der Waals surface area contributed by atoms with E-state index in [2.05, 4.69) is 78.5 Å². The third kappa shape index (κ3) is 22.1. The van der Waals surface area contributed by atoms with Crippen molar-refractivity contribution in [1.29, 1.82) is 0 Å². The zero-order chi connectivity index (χ0) is 57.0. The minimum absolute atomic E-state index is 0. The molecular weight excluding hydrogens is 1230 g/mol. The van der Waals surface area contributed by atoms with Gasteiger partial charge in [0, 0.05) is 32.7 Å². The van der Waals surface area contributed by atoms with Crippen molar-refractivity contribution < 1.29 is 64.1 Å². The van der Waals surface area contributed by atoms with Crippen LogP contribution in [0.15, 0.2) is 133 Å². The number of hydrogen-bond donors (Lipinski definition) is 10. The maximum Gasteiger partial charge on any atom is 0.408 e. The second kappa shape index (κ2) is 31.4. The highest BCUT2D eigenvalue weighted by atomic mass is 79.9. The van der Waals surface area contributed by atoms with Crippen LogP contribution in [0.4, 0.5) is 4.79 Å². The highest BCUT2D eigenvalue weighted by molar-refractivity contribution is 9.11. The topological polar surface area (TPSA) is 351 Å². The number of benzene rings is 5. The highest BCUT2D eigenvalue weighted by Crippen LogP contribution is 2.33. The number of aromatic amines is 2. The average Bonchev–Trinajstić information content (AvgIpc) is 3.84. The fourth-order valence-electron chi connectivity index (χ4n) is 6.77. The Kier molecular flexibility index (Phi) is 26.2. The van der Waals surface area contributed by atoms with Gasteiger partial charge in [-0.05, 0) is 116 Å². The van der Waals surface area contributed by atoms with E-state index in [0.29, 0.717) is 35.7 Å². The molecule has 0 aliphatic heterocycles. The quantitative estimate of drug-likeness (QED) is 0.0413. The number of aromatic nitrogens is 5. The summed E-state index contributed by atoms with van der Waals surface area (Å²) in [5, 5.41) is 66.2. The lowest BCUT2D eigenvalue weighted by atomic mass is 9.98. The van der Waals surface area contributed by atoms with E-state index in [1.165, 1.54) is 0 Å². The summed E-state index contributed by atoms with van der Waals surface area (Å²) < 4.78 is 13.5. The van der Waals surface area contributed by atoms with E-state index < -0.39 is 65.4 Å². The van der Waals surface area contributed by atoms with Gasteiger partial charge in [0.25, 0.3) is 5.56 Å². The van der Waals surface area contributed by atoms with Crippen molar-refractivity contribution in [3.05, 3.63) is 161 Å². The standard InChI is InChI=1S/C21H19N5O5.C14H18BrNO4.C9H10BrNO2.C9H9BrO3.ClH/c1-2-31-16-10-13(12-5-3-4-11(8-12)9-15(27)21(29)30)6-7-14(16)18-22-19-17(20(28)23-18)24-26-25-19;1-14(2,3)20-13(19)16-11(12(17)18)8-9-5-4-6-10(15)7-9;2*10-7-3-1-2-6(4-7)5-8(11)9(12)13;/h3-8,10,15,27H,2,9H2,1H3,(H,29,30)(H2,22,23,24,25,26,28);4-7,11H,8H2,1-3H3,(H,16,19)(H,17,18);1-4,8H,5,11H2,(H,12,13);1-4,8,11H,5H2,(H,12,13);1H/t15-;11-;2*8-;/m0000./s1. The van der Waals surface area contributed by atoms with Crippen LogP contribution in [0.2, 0.25) is 0 Å². The van der Waals surface area contributed by atoms with Gasteiger partial charge in [0.2, 0.25) is 5.65 Å². The molecular formula is C53H57Br3ClN7O14. The number of fused-ring (bicyclic) bond motifs is 1. The molecule has 2 aromatic heterocycles. The van der Waals surface area contributed by atoms with Crippen molar-refractivity contribution in [3.63, 3.8) is 0 Å². The van der Waals surface area contributed by atoms with Crippen molar-refractivity contribution in [1.82, 2.24) is 30.7 Å². The van der Waals surface area contributed by atoms with Crippen LogP contribution < -0.4 is 21.3 Å². The van der Waals surface area contributed by atoms with Crippen molar-refractivity contribution in [2.24, 2.45) is 5.73 Å². The Labute approximate surface area is 478 Å². The summed E-state index contributed by atoms with van der Waals surface area (Å²) in [6, 6.07) is 32.8. The second-order valence-corrected chi connectivity index (χ2v) is 20.4. The molecule has 416 valence electrons. The third-order valence-electron chi connectivity index (χ3n) is 10.3. The Morgan fingerprint density at radius 1 is 0.654 bits per heavy atom. The van der Waals surface area contributed by atoms with Crippen LogP contribution in [0.1, 0.15) is 49.9 Å². The van der Waals surface area contributed by atoms with Gasteiger partial charge in [0.05, 0.1) is 12.2 Å². The van der Waals surface area contributed by atoms with Crippen LogP contribution in [0.25, 0.3) is 33.7 Å². The fourth-order valence-corrected chi connectivity index (χ4v) is 8.11. The minimum atomic E-state index is -1.47. The molecule has 1 amide bonds. The SMILES string of the molecule is CC(C)(C)OC(=O)N[C@@H](Cc1cccc(Br)c1)C(=O)O.CCOc1cc(-c2cccc(C[C@H](O)C(=O)O)c2)ccc1-c1nc2n[nH]nc2c(=O)[nH]1.Cl.N[C@@H](Cc1cccc(Br)c1)C(=O)O.O=C(O)[C@@H](O)Cc1cccc(Br)c1. The number of nitrogens with two attached hydrogens (primary N) is 1. The highest BCUT2D eigenvalue weighted by Gasteiger charge is 2.25. The van der Waals surface area contributed by atoms with Gasteiger partial charge in [-0.1, -0.05) is 115 Å². The lowest BCUT2D eigenvalue weighted by Gasteiger charge is -2.22. The van der Waals surface area contributed by atoms with Crippen LogP contribution in [-0.4, -0.2) is 122 Å². The number of alkyl carbamates (subject to hydrolysis) is 1. The molecule has 0 saturated heterocycles. The summed E-state index contributed by atoms with van der Waals surface area (Å²) in [4.78, 5) is 73.8. The number of ether oxygens (including phenoxy) is 2. The predicted octanol–water partition coefficient (Wildman–Crippen LogP) is 7.99. The van der Waals surface area contributed by atoms with E-state index in [-0.39, 0.29) is 42.8 Å². The third-order valence-corrected chi connectivity index (χ3v) is 11.8. The average molecular weight is 1290 g/mol. The van der Waals surface area contributed by atoms with Crippen molar-refractivity contribution in [2.75, 3.05) is 6.61 Å². The molecule has 0 aliphatic carbocycles. The largest absolute Gasteiger partial charge is 0.493 e. The van der Waals surface area contributed by atoms with E-state index in [0.717, 1.165) is 41.2 Å². The maximum atomic E-state index is 12.2. The number of nitrogens with one attached hydrogen (secondary N) is 3. The van der Waals surface area contributed by atoms with Gasteiger partial charge < -0.3 is 56.1 Å². The first-order valence-corrected chi connectivity index (χ1v) is 25.6. The number of aliphatic hydroxyl groups excluding tert-OH is 2. The van der Waals surface area contributed by atoms with E-state index in [1.807, 2.05) is 79.7 Å². The number of carboxylic acid groups (broad SMARTS) is 4. The number of rotatable bonds is 17. The molecule has 0 saturated carbocycles. The number of H-pyrrole nitrogens is 2. The lowest BCUT2D eigenvalue weighted by Crippen LogP contribution is -2.44. The molecule has 21 nitrogen and oxygen atoms in total. The molecule has 0 unspecified atom stereocenters. The van der Waals surface area contributed by atoms with Crippen molar-refractivity contribution >= 4 is 101 Å². The van der Waals surface area contributed by atoms with Gasteiger partial charge in [0.15, 0.2) is 17.7 Å². The van der Waals surface area contributed by atoms with E-state index in [9.17, 15) is 33.9 Å². The molecule has 0 aliphatic rings. The Hall–Kier alpha value is -7.06. The molecule has 25 heteroatoms. The van der Waals surface area contributed by atoms with E-state index in [4.69, 9.17) is 40.7 Å². The Morgan fingerprint density at radius 2 is 1.14 bits per heavy atom. The molecule has 5 aromatic carbocycles. The molecule has 11 N–H and O–H groups in total. The van der Waals surface area contributed by atoms with Gasteiger partial charge in [-0.3, -0.25) is 9.59 Å². The molecule has 7 aromatic rings. The van der Waals surface area contributed by atoms with E-state index >= 15 is 0 Å². The minimum Gasteiger partial charge on any atom is -0.493 e. The number of carbonyl (C=O) groups is 5. The van der Waals surface area contributed by atoms with Crippen LogP contribution in [-0.2, 0) is 49.6 Å². The number of halogens is 4. The number of carboxylic acids is 4. The molecule has 0 radical (unpaired) electrons. The van der Waals surface area contributed by atoms with Crippen LogP contribution >= 0.6 is 60.2 Å². The number of aliphatic carboxylic acids is 4. The van der Waals surface area contributed by atoms with Crippen LogP contribution in [0.3, 0.4) is 0 Å². The molecule has 2 heterocycles. The van der Waals surface area contributed by atoms with Crippen LogP contribution in [0, 0.1) is 0 Å². The van der Waals surface area contributed by atoms with Gasteiger partial charge in [-0.25, -0.2) is 24.2 Å². The van der Waals surface area contributed by atoms with Gasteiger partial charge in [-0.15, -0.1) is 22.6 Å². The molecule has 0 fully saturated rings. The summed E-state index contributed by atoms with van der Waals surface area (Å²) >= 11 is 9.88. The Bertz CT molecular complexity index is 3150. The van der Waals surface area contributed by atoms with Crippen molar-refractivity contribution in [3.8, 4) is 28.3 Å². The Balaban J connectivity index is 0.000000294. The predicted molar refractivity (Wildman–Crippen MR) is 303 cm³/mol. The summed E-state index contributed by atoms with van der Waals surface area (Å²) in [7, 11) is 0. The lowest BCUT2D eigenvalue weighted by molar-refractivity contribution is -0.147. The zero-order valence-electron chi connectivity index (χ0n) is 42.2. The van der Waals surface area contributed by atoms with Gasteiger partial charge in [-0.2, -0.15) is 5.21 Å². The molecule has 4 atom stereocenters. The molecule has 0 spiro atoms. The first-order valence-electron chi connectivity index (χ1n) is 23.2. The molecule has 0 bridgehead atoms. The zero-order valence-corrected chi connectivity index (χ0v) is 47.8. The normalized spacial score (nSPS) is 12.2. The second-order valence-electron chi connectivity index (χ2n) is 17.7. The summed E-state index contributed by atoms with van der Waals surface area (Å²) in [6.07, 6.45) is -2.85. The van der Waals surface area contributed by atoms with Crippen molar-refractivity contribution in [2.45, 2.75) is 83.3 Å². The fraction of sp³-hybridized carbons (Fsp3) is 0.264. The number of hydrogen-bond acceptors (Lipinski definition) is 14. The number of nitrogens with zero attached hydrogens (tertiary/aromatic N) is 3. The first-order chi connectivity index (χ1) is 36.3. The van der Waals surface area contributed by atoms with Gasteiger partial charge in [0.1, 0.15) is 29.3 Å². The van der Waals surface area contributed by atoms with E-state index in [1.54, 1.807) is 63.2 Å². The monoisotopic (exact) mass is 1290 g/mol. The summed E-state index contributed by atoms with van der Waals surface area (Å²) in [5.74, 6) is -3.71. The van der Waals surface area contributed by atoms with Crippen LogP contribution in [0.5, 0.6) is 5.75 Å². The summed E-state index contributed by atoms with van der Waals surface area (Å²) in [6.45, 7) is 7.41. The molecule has 7 rings (SSSR count). The Morgan fingerprint density at radius 3 is 1.62 bits per heavy atom. The number of amides is 1. The number of carbonyl (C=O) groups excluding carboxylic acids is 1. The molecule has 78 heavy (non-hydrogen) atoms. The summed E-state index contributed by atoms with van der Waals surface area (Å²) in [5.41, 5.74) is 10.1. The smallest absolute Gasteiger partial charge is 0.408 e. The van der Waals surface area contributed by atoms with Gasteiger partial charge >= 0.3 is 30.0 Å².